The van der Waals surface area contributed by atoms with Crippen LogP contribution in [-0.2, 0) is 7.05 Å². The summed E-state index contributed by atoms with van der Waals surface area (Å²) in [6.07, 6.45) is 3.59. The van der Waals surface area contributed by atoms with E-state index >= 15 is 0 Å². The lowest BCUT2D eigenvalue weighted by atomic mass is 10.2. The van der Waals surface area contributed by atoms with Gasteiger partial charge < -0.3 is 0 Å². The Labute approximate surface area is 97.5 Å². The summed E-state index contributed by atoms with van der Waals surface area (Å²) in [7, 11) is 1.84. The van der Waals surface area contributed by atoms with Crippen LogP contribution in [0.15, 0.2) is 17.6 Å². The van der Waals surface area contributed by atoms with Crippen molar-refractivity contribution in [2.24, 2.45) is 7.05 Å². The average molecular weight is 230 g/mol. The van der Waals surface area contributed by atoms with Crippen LogP contribution >= 0.6 is 11.3 Å². The van der Waals surface area contributed by atoms with Gasteiger partial charge >= 0.3 is 0 Å². The van der Waals surface area contributed by atoms with Crippen molar-refractivity contribution < 1.29 is 0 Å². The van der Waals surface area contributed by atoms with Gasteiger partial charge in [-0.25, -0.2) is 4.98 Å². The zero-order chi connectivity index (χ0) is 11.5. The molecule has 0 aliphatic rings. The Kier molecular flexibility index (Phi) is 2.84. The number of aromatic nitrogens is 3. The molecule has 4 nitrogen and oxygen atoms in total. The van der Waals surface area contributed by atoms with Crippen molar-refractivity contribution in [2.75, 3.05) is 0 Å². The predicted octanol–water partition coefficient (Wildman–Crippen LogP) is 2.25. The van der Waals surface area contributed by atoms with Gasteiger partial charge in [0.05, 0.1) is 11.3 Å². The predicted molar refractivity (Wildman–Crippen MR) is 63.5 cm³/mol. The highest BCUT2D eigenvalue weighted by Gasteiger charge is 2.06. The highest BCUT2D eigenvalue weighted by Crippen LogP contribution is 2.20. The normalized spacial score (nSPS) is 11.4. The first kappa shape index (κ1) is 10.6. The van der Waals surface area contributed by atoms with Gasteiger partial charge in [0.25, 0.3) is 0 Å². The van der Waals surface area contributed by atoms with E-state index in [0.29, 0.717) is 5.57 Å². The van der Waals surface area contributed by atoms with Gasteiger partial charge in [-0.1, -0.05) is 0 Å². The van der Waals surface area contributed by atoms with Gasteiger partial charge in [-0.05, 0) is 19.1 Å². The van der Waals surface area contributed by atoms with E-state index in [1.165, 1.54) is 11.3 Å². The number of rotatable bonds is 2. The molecule has 80 valence electrons. The smallest absolute Gasteiger partial charge is 0.134 e. The number of aryl methyl sites for hydroxylation is 2. The maximum Gasteiger partial charge on any atom is 0.134 e. The number of nitrogens with zero attached hydrogens (tertiary/aromatic N) is 4. The molecule has 0 N–H and O–H groups in total. The Balaban J connectivity index is 2.37. The molecule has 0 aliphatic carbocycles. The highest BCUT2D eigenvalue weighted by molar-refractivity contribution is 7.11. The molecule has 0 amide bonds. The molecule has 2 heterocycles. The first-order valence-corrected chi connectivity index (χ1v) is 5.61. The van der Waals surface area contributed by atoms with Crippen molar-refractivity contribution in [1.82, 2.24) is 14.8 Å². The SMILES string of the molecule is Cc1csc(/C(C#N)=C/c2ccn(C)n2)n1. The number of thiazole rings is 1. The Bertz CT molecular complexity index is 571. The van der Waals surface area contributed by atoms with E-state index in [0.717, 1.165) is 16.4 Å². The molecular weight excluding hydrogens is 220 g/mol. The molecule has 2 rings (SSSR count). The Morgan fingerprint density at radius 3 is 2.94 bits per heavy atom. The molecule has 0 unspecified atom stereocenters. The molecule has 0 spiro atoms. The maximum absolute atomic E-state index is 9.07. The second kappa shape index (κ2) is 4.29. The Hall–Kier alpha value is -1.93. The van der Waals surface area contributed by atoms with Crippen molar-refractivity contribution in [1.29, 1.82) is 5.26 Å². The van der Waals surface area contributed by atoms with E-state index < -0.39 is 0 Å². The monoisotopic (exact) mass is 230 g/mol. The van der Waals surface area contributed by atoms with Crippen LogP contribution in [0.5, 0.6) is 0 Å². The van der Waals surface area contributed by atoms with E-state index in [4.69, 9.17) is 5.26 Å². The van der Waals surface area contributed by atoms with Crippen LogP contribution in [0.2, 0.25) is 0 Å². The maximum atomic E-state index is 9.07. The Morgan fingerprint density at radius 1 is 1.62 bits per heavy atom. The second-order valence-electron chi connectivity index (χ2n) is 3.38. The van der Waals surface area contributed by atoms with Crippen molar-refractivity contribution in [2.45, 2.75) is 6.92 Å². The van der Waals surface area contributed by atoms with Crippen molar-refractivity contribution in [3.63, 3.8) is 0 Å². The first-order chi connectivity index (χ1) is 7.69. The van der Waals surface area contributed by atoms with Gasteiger partial charge in [0, 0.05) is 24.3 Å². The van der Waals surface area contributed by atoms with E-state index in [9.17, 15) is 0 Å². The largest absolute Gasteiger partial charge is 0.275 e. The lowest BCUT2D eigenvalue weighted by Crippen LogP contribution is -1.88. The fourth-order valence-corrected chi connectivity index (χ4v) is 2.04. The van der Waals surface area contributed by atoms with Crippen molar-refractivity contribution in [3.8, 4) is 6.07 Å². The molecule has 5 heteroatoms. The molecule has 0 bridgehead atoms. The minimum Gasteiger partial charge on any atom is -0.275 e. The van der Waals surface area contributed by atoms with Gasteiger partial charge in [0.1, 0.15) is 11.1 Å². The Morgan fingerprint density at radius 2 is 2.44 bits per heavy atom. The van der Waals surface area contributed by atoms with E-state index in [1.54, 1.807) is 10.8 Å². The molecule has 2 aromatic heterocycles. The fourth-order valence-electron chi connectivity index (χ4n) is 1.28. The zero-order valence-electron chi connectivity index (χ0n) is 9.01. The highest BCUT2D eigenvalue weighted by atomic mass is 32.1. The van der Waals surface area contributed by atoms with E-state index in [-0.39, 0.29) is 0 Å². The fraction of sp³-hybridized carbons (Fsp3) is 0.182. The first-order valence-electron chi connectivity index (χ1n) is 4.73. The third-order valence-corrected chi connectivity index (χ3v) is 2.99. The minimum atomic E-state index is 0.553. The quantitative estimate of drug-likeness (QED) is 0.743. The second-order valence-corrected chi connectivity index (χ2v) is 4.24. The van der Waals surface area contributed by atoms with Gasteiger partial charge in [0.15, 0.2) is 0 Å². The van der Waals surface area contributed by atoms with Gasteiger partial charge in [0.2, 0.25) is 0 Å². The van der Waals surface area contributed by atoms with Crippen LogP contribution in [0.4, 0.5) is 0 Å². The third kappa shape index (κ3) is 2.18. The van der Waals surface area contributed by atoms with Crippen LogP contribution in [0.25, 0.3) is 11.6 Å². The number of allylic oxidation sites excluding steroid dienone is 1. The number of nitriles is 1. The lowest BCUT2D eigenvalue weighted by molar-refractivity contribution is 0.764. The molecule has 2 aromatic rings. The lowest BCUT2D eigenvalue weighted by Gasteiger charge is -1.90. The standard InChI is InChI=1S/C11H10N4S/c1-8-7-16-11(13-8)9(6-12)5-10-3-4-15(2)14-10/h3-5,7H,1-2H3/b9-5+. The van der Waals surface area contributed by atoms with Crippen LogP contribution in [0, 0.1) is 18.3 Å². The molecule has 0 atom stereocenters. The number of hydrogen-bond acceptors (Lipinski definition) is 4. The number of hydrogen-bond donors (Lipinski definition) is 0. The summed E-state index contributed by atoms with van der Waals surface area (Å²) in [5.74, 6) is 0. The van der Waals surface area contributed by atoms with Crippen LogP contribution in [-0.4, -0.2) is 14.8 Å². The summed E-state index contributed by atoms with van der Waals surface area (Å²) in [5.41, 5.74) is 2.26. The van der Waals surface area contributed by atoms with Crippen molar-refractivity contribution >= 4 is 23.0 Å². The molecule has 0 saturated heterocycles. The average Bonchev–Trinajstić information content (AvgIpc) is 2.84. The topological polar surface area (TPSA) is 54.5 Å². The molecule has 0 fully saturated rings. The van der Waals surface area contributed by atoms with Crippen LogP contribution in [0.3, 0.4) is 0 Å². The van der Waals surface area contributed by atoms with E-state index in [1.807, 2.05) is 31.6 Å². The zero-order valence-corrected chi connectivity index (χ0v) is 9.82. The van der Waals surface area contributed by atoms with Gasteiger partial charge in [-0.15, -0.1) is 11.3 Å². The molecular formula is C11H10N4S. The molecule has 0 aliphatic heterocycles. The van der Waals surface area contributed by atoms with Gasteiger partial charge in [-0.3, -0.25) is 4.68 Å². The van der Waals surface area contributed by atoms with Crippen LogP contribution in [0.1, 0.15) is 16.4 Å². The summed E-state index contributed by atoms with van der Waals surface area (Å²) in [6.45, 7) is 1.91. The molecule has 0 radical (unpaired) electrons. The summed E-state index contributed by atoms with van der Waals surface area (Å²) >= 11 is 1.47. The van der Waals surface area contributed by atoms with E-state index in [2.05, 4.69) is 16.2 Å². The molecule has 0 aromatic carbocycles. The third-order valence-electron chi connectivity index (χ3n) is 2.00. The van der Waals surface area contributed by atoms with Crippen LogP contribution < -0.4 is 0 Å². The summed E-state index contributed by atoms with van der Waals surface area (Å²) in [6, 6.07) is 4.01. The van der Waals surface area contributed by atoms with Crippen molar-refractivity contribution in [3.05, 3.63) is 34.0 Å². The summed E-state index contributed by atoms with van der Waals surface area (Å²) in [5, 5.41) is 15.9. The van der Waals surface area contributed by atoms with Gasteiger partial charge in [-0.2, -0.15) is 10.4 Å². The molecule has 16 heavy (non-hydrogen) atoms. The summed E-state index contributed by atoms with van der Waals surface area (Å²) < 4.78 is 1.70. The minimum absolute atomic E-state index is 0.553. The summed E-state index contributed by atoms with van der Waals surface area (Å²) in [4.78, 5) is 4.28. The molecule has 0 saturated carbocycles.